The molecule has 1 atom stereocenters. The monoisotopic (exact) mass is 492 g/mol. The molecule has 0 bridgehead atoms. The second-order valence-corrected chi connectivity index (χ2v) is 8.55. The predicted molar refractivity (Wildman–Crippen MR) is 129 cm³/mol. The topological polar surface area (TPSA) is 71.3 Å². The number of hydrogen-bond acceptors (Lipinski definition) is 4. The summed E-state index contributed by atoms with van der Waals surface area (Å²) in [5, 5.41) is 7.51. The van der Waals surface area contributed by atoms with Crippen LogP contribution in [0.5, 0.6) is 0 Å². The average Bonchev–Trinajstić information content (AvgIpc) is 3.31. The molecule has 6 nitrogen and oxygen atoms in total. The average molecular weight is 493 g/mol. The minimum absolute atomic E-state index is 0.117. The van der Waals surface area contributed by atoms with Crippen LogP contribution in [-0.2, 0) is 0 Å². The number of carbonyl (C=O) groups is 1. The van der Waals surface area contributed by atoms with E-state index in [0.717, 1.165) is 5.56 Å². The molecule has 1 aliphatic heterocycles. The van der Waals surface area contributed by atoms with Crippen LogP contribution >= 0.6 is 11.6 Å². The van der Waals surface area contributed by atoms with E-state index in [1.54, 1.807) is 49.4 Å². The number of halogens is 3. The fourth-order valence-corrected chi connectivity index (χ4v) is 4.23. The Morgan fingerprint density at radius 2 is 1.74 bits per heavy atom. The molecule has 0 fully saturated rings. The van der Waals surface area contributed by atoms with E-state index in [0.29, 0.717) is 33.1 Å². The summed E-state index contributed by atoms with van der Waals surface area (Å²) in [6, 6.07) is 15.8. The summed E-state index contributed by atoms with van der Waals surface area (Å²) in [4.78, 5) is 19.2. The predicted octanol–water partition coefficient (Wildman–Crippen LogP) is 6.68. The Hall–Kier alpha value is -4.04. The van der Waals surface area contributed by atoms with E-state index >= 15 is 0 Å². The molecule has 1 unspecified atom stereocenters. The summed E-state index contributed by atoms with van der Waals surface area (Å²) < 4.78 is 33.4. The van der Waals surface area contributed by atoms with Crippen molar-refractivity contribution in [1.29, 1.82) is 0 Å². The SMILES string of the molecule is CC1=C(c2nc(-c3cccc(F)c3)no2)C(c2cccc(F)c2)NC(=O)N1c1ccc(Cl)c(C)c1. The van der Waals surface area contributed by atoms with Gasteiger partial charge in [-0.2, -0.15) is 4.98 Å². The number of urea groups is 1. The maximum Gasteiger partial charge on any atom is 0.326 e. The van der Waals surface area contributed by atoms with Gasteiger partial charge in [0.05, 0.1) is 17.3 Å². The van der Waals surface area contributed by atoms with Gasteiger partial charge in [-0.15, -0.1) is 0 Å². The zero-order valence-electron chi connectivity index (χ0n) is 18.7. The molecule has 0 spiro atoms. The van der Waals surface area contributed by atoms with Crippen molar-refractivity contribution in [2.75, 3.05) is 4.90 Å². The molecular weight excluding hydrogens is 474 g/mol. The lowest BCUT2D eigenvalue weighted by molar-refractivity contribution is 0.244. The van der Waals surface area contributed by atoms with Gasteiger partial charge >= 0.3 is 6.03 Å². The highest BCUT2D eigenvalue weighted by molar-refractivity contribution is 6.31. The van der Waals surface area contributed by atoms with Crippen LogP contribution in [0, 0.1) is 18.6 Å². The number of hydrogen-bond donors (Lipinski definition) is 1. The van der Waals surface area contributed by atoms with Gasteiger partial charge in [0.2, 0.25) is 5.82 Å². The fourth-order valence-electron chi connectivity index (χ4n) is 4.11. The number of benzene rings is 3. The Balaban J connectivity index is 1.67. The minimum Gasteiger partial charge on any atom is -0.334 e. The highest BCUT2D eigenvalue weighted by Gasteiger charge is 2.36. The van der Waals surface area contributed by atoms with Crippen molar-refractivity contribution in [3.8, 4) is 11.4 Å². The molecule has 2 amide bonds. The highest BCUT2D eigenvalue weighted by Crippen LogP contribution is 2.39. The van der Waals surface area contributed by atoms with Crippen LogP contribution in [0.3, 0.4) is 0 Å². The third kappa shape index (κ3) is 4.28. The van der Waals surface area contributed by atoms with E-state index in [2.05, 4.69) is 15.5 Å². The molecule has 4 aromatic rings. The Labute approximate surface area is 204 Å². The van der Waals surface area contributed by atoms with Crippen LogP contribution < -0.4 is 10.2 Å². The third-order valence-electron chi connectivity index (χ3n) is 5.81. The molecule has 0 aliphatic carbocycles. The van der Waals surface area contributed by atoms with E-state index in [-0.39, 0.29) is 11.7 Å². The Kier molecular flexibility index (Phi) is 5.82. The van der Waals surface area contributed by atoms with Gasteiger partial charge < -0.3 is 9.84 Å². The van der Waals surface area contributed by atoms with Crippen LogP contribution in [0.2, 0.25) is 5.02 Å². The summed E-state index contributed by atoms with van der Waals surface area (Å²) in [6.07, 6.45) is 0. The van der Waals surface area contributed by atoms with Crippen molar-refractivity contribution in [3.05, 3.63) is 106 Å². The van der Waals surface area contributed by atoms with E-state index in [1.165, 1.54) is 29.2 Å². The van der Waals surface area contributed by atoms with Crippen molar-refractivity contribution >= 4 is 28.9 Å². The Morgan fingerprint density at radius 1 is 1.00 bits per heavy atom. The number of rotatable bonds is 4. The van der Waals surface area contributed by atoms with Crippen molar-refractivity contribution < 1.29 is 18.1 Å². The minimum atomic E-state index is -0.761. The molecule has 1 aromatic heterocycles. The van der Waals surface area contributed by atoms with Gasteiger partial charge in [0.1, 0.15) is 11.6 Å². The molecule has 1 aliphatic rings. The fraction of sp³-hybridized carbons (Fsp3) is 0.115. The van der Waals surface area contributed by atoms with Gasteiger partial charge in [0.25, 0.3) is 5.89 Å². The standard InChI is InChI=1S/C26H19ClF2N4O2/c1-14-11-20(9-10-21(14)27)33-15(2)22(23(30-26(33)34)16-5-3-7-18(28)12-16)25-31-24(32-35-25)17-6-4-8-19(29)13-17/h3-13,23H,1-2H3,(H,30,34). The van der Waals surface area contributed by atoms with Gasteiger partial charge in [0, 0.05) is 16.3 Å². The number of allylic oxidation sites excluding steroid dienone is 1. The zero-order chi connectivity index (χ0) is 24.7. The molecule has 35 heavy (non-hydrogen) atoms. The van der Waals surface area contributed by atoms with E-state index < -0.39 is 23.7 Å². The van der Waals surface area contributed by atoms with Gasteiger partial charge in [0.15, 0.2) is 0 Å². The molecule has 0 radical (unpaired) electrons. The summed E-state index contributed by atoms with van der Waals surface area (Å²) in [6.45, 7) is 3.59. The summed E-state index contributed by atoms with van der Waals surface area (Å²) in [7, 11) is 0. The number of nitrogens with zero attached hydrogens (tertiary/aromatic N) is 3. The first-order chi connectivity index (χ1) is 16.8. The lowest BCUT2D eigenvalue weighted by Gasteiger charge is -2.35. The smallest absolute Gasteiger partial charge is 0.326 e. The third-order valence-corrected chi connectivity index (χ3v) is 6.23. The van der Waals surface area contributed by atoms with Crippen LogP contribution in [-0.4, -0.2) is 16.2 Å². The lowest BCUT2D eigenvalue weighted by Crippen LogP contribution is -2.46. The largest absolute Gasteiger partial charge is 0.334 e. The van der Waals surface area contributed by atoms with Crippen LogP contribution in [0.15, 0.2) is 77.0 Å². The van der Waals surface area contributed by atoms with E-state index in [4.69, 9.17) is 16.1 Å². The van der Waals surface area contributed by atoms with E-state index in [1.807, 2.05) is 6.92 Å². The molecule has 5 rings (SSSR count). The molecular formula is C26H19ClF2N4O2. The van der Waals surface area contributed by atoms with Crippen molar-refractivity contribution in [3.63, 3.8) is 0 Å². The van der Waals surface area contributed by atoms with Gasteiger partial charge in [-0.05, 0) is 67.4 Å². The maximum absolute atomic E-state index is 14.1. The summed E-state index contributed by atoms with van der Waals surface area (Å²) in [5.74, 6) is -0.582. The maximum atomic E-state index is 14.1. The Morgan fingerprint density at radius 3 is 2.46 bits per heavy atom. The van der Waals surface area contributed by atoms with Crippen molar-refractivity contribution in [2.24, 2.45) is 0 Å². The second kappa shape index (κ2) is 8.96. The highest BCUT2D eigenvalue weighted by atomic mass is 35.5. The number of anilines is 1. The van der Waals surface area contributed by atoms with E-state index in [9.17, 15) is 13.6 Å². The lowest BCUT2D eigenvalue weighted by atomic mass is 9.94. The van der Waals surface area contributed by atoms with Gasteiger partial charge in [-0.25, -0.2) is 13.6 Å². The second-order valence-electron chi connectivity index (χ2n) is 8.14. The molecule has 3 aromatic carbocycles. The van der Waals surface area contributed by atoms with Crippen molar-refractivity contribution in [2.45, 2.75) is 19.9 Å². The van der Waals surface area contributed by atoms with Gasteiger partial charge in [-0.1, -0.05) is 41.0 Å². The number of aromatic nitrogens is 2. The summed E-state index contributed by atoms with van der Waals surface area (Å²) >= 11 is 6.18. The molecule has 9 heteroatoms. The van der Waals surface area contributed by atoms with Crippen LogP contribution in [0.4, 0.5) is 19.3 Å². The van der Waals surface area contributed by atoms with Gasteiger partial charge in [-0.3, -0.25) is 4.90 Å². The first-order valence-corrected chi connectivity index (χ1v) is 11.1. The molecule has 2 heterocycles. The van der Waals surface area contributed by atoms with Crippen LogP contribution in [0.1, 0.15) is 30.0 Å². The normalized spacial score (nSPS) is 16.0. The van der Waals surface area contributed by atoms with Crippen LogP contribution in [0.25, 0.3) is 17.0 Å². The first-order valence-electron chi connectivity index (χ1n) is 10.7. The number of amides is 2. The van der Waals surface area contributed by atoms with Crippen molar-refractivity contribution in [1.82, 2.24) is 15.5 Å². The molecule has 0 saturated carbocycles. The number of nitrogens with one attached hydrogen (secondary N) is 1. The number of carbonyl (C=O) groups excluding carboxylic acids is 1. The zero-order valence-corrected chi connectivity index (χ0v) is 19.5. The first kappa shape index (κ1) is 22.7. The quantitative estimate of drug-likeness (QED) is 0.345. The molecule has 0 saturated heterocycles. The molecule has 1 N–H and O–H groups in total. The molecule has 176 valence electrons. The Bertz CT molecular complexity index is 1480. The number of aryl methyl sites for hydroxylation is 1. The summed E-state index contributed by atoms with van der Waals surface area (Å²) in [5.41, 5.74) is 3.32.